The Morgan fingerprint density at radius 3 is 2.53 bits per heavy atom. The Bertz CT molecular complexity index is 1540. The number of benzene rings is 3. The first kappa shape index (κ1) is 23.9. The molecule has 5 rings (SSSR count). The van der Waals surface area contributed by atoms with Gasteiger partial charge in [-0.05, 0) is 34.5 Å². The zero-order valence-corrected chi connectivity index (χ0v) is 19.9. The first-order valence-corrected chi connectivity index (χ1v) is 11.7. The number of aromatic nitrogens is 2. The molecule has 1 aliphatic rings. The van der Waals surface area contributed by atoms with Crippen LogP contribution in [-0.2, 0) is 11.3 Å². The lowest BCUT2D eigenvalue weighted by Crippen LogP contribution is -2.49. The van der Waals surface area contributed by atoms with Crippen LogP contribution in [0.4, 0.5) is 14.6 Å². The van der Waals surface area contributed by atoms with Crippen molar-refractivity contribution in [3.63, 3.8) is 0 Å². The molecule has 7 nitrogen and oxygen atoms in total. The third-order valence-corrected chi connectivity index (χ3v) is 6.60. The summed E-state index contributed by atoms with van der Waals surface area (Å²) >= 11 is 6.66. The van der Waals surface area contributed by atoms with Gasteiger partial charge in [0.2, 0.25) is 0 Å². The number of hydrogen-bond acceptors (Lipinski definition) is 6. The summed E-state index contributed by atoms with van der Waals surface area (Å²) in [5, 5.41) is 12.3. The van der Waals surface area contributed by atoms with Crippen molar-refractivity contribution < 1.29 is 18.7 Å². The number of nitrogens with two attached hydrogens (primary N) is 1. The van der Waals surface area contributed by atoms with E-state index in [1.54, 1.807) is 12.1 Å². The van der Waals surface area contributed by atoms with Crippen molar-refractivity contribution in [3.8, 4) is 16.9 Å². The molecule has 0 saturated carbocycles. The predicted molar refractivity (Wildman–Crippen MR) is 136 cm³/mol. The van der Waals surface area contributed by atoms with Gasteiger partial charge in [-0.2, -0.15) is 0 Å². The van der Waals surface area contributed by atoms with Crippen molar-refractivity contribution in [3.05, 3.63) is 71.5 Å². The van der Waals surface area contributed by atoms with Gasteiger partial charge >= 0.3 is 0 Å². The second-order valence-electron chi connectivity index (χ2n) is 8.51. The number of phenols is 1. The van der Waals surface area contributed by atoms with Crippen LogP contribution in [0.5, 0.6) is 5.75 Å². The van der Waals surface area contributed by atoms with E-state index in [9.17, 15) is 14.3 Å². The molecule has 1 aliphatic heterocycles. The van der Waals surface area contributed by atoms with Crippen LogP contribution >= 0.6 is 11.6 Å². The van der Waals surface area contributed by atoms with Crippen LogP contribution in [0.15, 0.2) is 54.9 Å². The third kappa shape index (κ3) is 4.10. The topological polar surface area (TPSA) is 95.6 Å². The van der Waals surface area contributed by atoms with Crippen LogP contribution < -0.4 is 10.6 Å². The first-order valence-electron chi connectivity index (χ1n) is 11.3. The Morgan fingerprint density at radius 2 is 1.83 bits per heavy atom. The molecule has 3 N–H and O–H groups in total. The van der Waals surface area contributed by atoms with E-state index in [0.717, 1.165) is 10.8 Å². The second kappa shape index (κ2) is 9.33. The monoisotopic (exact) mass is 509 g/mol. The lowest BCUT2D eigenvalue weighted by atomic mass is 9.96. The molecule has 184 valence electrons. The summed E-state index contributed by atoms with van der Waals surface area (Å²) in [7, 11) is 0. The highest BCUT2D eigenvalue weighted by molar-refractivity contribution is 6.35. The molecule has 0 radical (unpaired) electrons. The fourth-order valence-corrected chi connectivity index (χ4v) is 4.89. The highest BCUT2D eigenvalue weighted by atomic mass is 35.5. The summed E-state index contributed by atoms with van der Waals surface area (Å²) in [6.45, 7) is 4.22. The van der Waals surface area contributed by atoms with Crippen molar-refractivity contribution in [1.29, 1.82) is 0 Å². The fraction of sp³-hybridized carbons (Fsp3) is 0.192. The standard InChI is InChI=1S/C26H22ClF2N5O2/c1-14(28)26(36)34-8-6-33(7-9-34)25-19-12-20(27)22(23(29)24(19)31-21(13-30)32-25)18-11-16(35)10-15-4-2-3-5-17(15)18/h2-5,10-12,35H,1,6-9,13,30H2. The number of phenolic OH excluding ortho intramolecular Hbond substituents is 1. The largest absolute Gasteiger partial charge is 0.508 e. The molecule has 0 bridgehead atoms. The quantitative estimate of drug-likeness (QED) is 0.392. The maximum Gasteiger partial charge on any atom is 0.282 e. The van der Waals surface area contributed by atoms with Crippen LogP contribution in [0.1, 0.15) is 5.82 Å². The highest BCUT2D eigenvalue weighted by Crippen LogP contribution is 2.42. The zero-order valence-electron chi connectivity index (χ0n) is 19.1. The van der Waals surface area contributed by atoms with Crippen LogP contribution in [0, 0.1) is 5.82 Å². The average Bonchev–Trinajstić information content (AvgIpc) is 2.87. The molecule has 0 spiro atoms. The number of nitrogens with zero attached hydrogens (tertiary/aromatic N) is 4. The predicted octanol–water partition coefficient (Wildman–Crippen LogP) is 4.54. The number of anilines is 1. The lowest BCUT2D eigenvalue weighted by molar-refractivity contribution is -0.128. The van der Waals surface area contributed by atoms with Crippen LogP contribution in [0.25, 0.3) is 32.8 Å². The van der Waals surface area contributed by atoms with E-state index in [4.69, 9.17) is 17.3 Å². The molecule has 1 amide bonds. The van der Waals surface area contributed by atoms with Gasteiger partial charge in [-0.25, -0.2) is 18.7 Å². The van der Waals surface area contributed by atoms with E-state index in [0.29, 0.717) is 29.9 Å². The van der Waals surface area contributed by atoms with Crippen LogP contribution in [0.2, 0.25) is 5.02 Å². The van der Waals surface area contributed by atoms with E-state index < -0.39 is 17.6 Å². The fourth-order valence-electron chi connectivity index (χ4n) is 4.60. The summed E-state index contributed by atoms with van der Waals surface area (Å²) in [4.78, 5) is 24.1. The SMILES string of the molecule is C=C(F)C(=O)N1CCN(c2nc(CN)nc3c(F)c(-c4cc(O)cc5ccccc45)c(Cl)cc23)CC1. The molecule has 4 aromatic rings. The van der Waals surface area contributed by atoms with Crippen LogP contribution in [-0.4, -0.2) is 52.1 Å². The number of aromatic hydroxyl groups is 1. The van der Waals surface area contributed by atoms with Crippen molar-refractivity contribution in [2.75, 3.05) is 31.1 Å². The van der Waals surface area contributed by atoms with E-state index in [1.165, 1.54) is 11.0 Å². The smallest absolute Gasteiger partial charge is 0.282 e. The number of piperazine rings is 1. The van der Waals surface area contributed by atoms with Gasteiger partial charge in [0.25, 0.3) is 5.91 Å². The van der Waals surface area contributed by atoms with Gasteiger partial charge in [0.15, 0.2) is 11.6 Å². The molecule has 1 fully saturated rings. The van der Waals surface area contributed by atoms with E-state index in [1.807, 2.05) is 29.2 Å². The van der Waals surface area contributed by atoms with Crippen molar-refractivity contribution in [1.82, 2.24) is 14.9 Å². The van der Waals surface area contributed by atoms with E-state index >= 15 is 4.39 Å². The Hall–Kier alpha value is -3.82. The molecular formula is C26H22ClF2N5O2. The van der Waals surface area contributed by atoms with Crippen molar-refractivity contribution >= 4 is 45.0 Å². The van der Waals surface area contributed by atoms with Crippen molar-refractivity contribution in [2.45, 2.75) is 6.54 Å². The Labute approximate surface area is 210 Å². The summed E-state index contributed by atoms with van der Waals surface area (Å²) < 4.78 is 29.5. The summed E-state index contributed by atoms with van der Waals surface area (Å²) in [5.74, 6) is -1.77. The van der Waals surface area contributed by atoms with Gasteiger partial charge in [0.1, 0.15) is 22.9 Å². The molecule has 0 unspecified atom stereocenters. The van der Waals surface area contributed by atoms with E-state index in [2.05, 4.69) is 16.5 Å². The molecular weight excluding hydrogens is 488 g/mol. The molecule has 0 atom stereocenters. The highest BCUT2D eigenvalue weighted by Gasteiger charge is 2.27. The number of amides is 1. The maximum absolute atomic E-state index is 16.2. The zero-order chi connectivity index (χ0) is 25.6. The molecule has 1 aromatic heterocycles. The van der Waals surface area contributed by atoms with Gasteiger partial charge < -0.3 is 20.6 Å². The number of rotatable bonds is 4. The normalized spacial score (nSPS) is 14.0. The minimum absolute atomic E-state index is 0.0183. The number of halogens is 3. The Morgan fingerprint density at radius 1 is 1.11 bits per heavy atom. The molecule has 1 saturated heterocycles. The number of carbonyl (C=O) groups excluding carboxylic acids is 1. The van der Waals surface area contributed by atoms with Gasteiger partial charge in [0, 0.05) is 37.1 Å². The Balaban J connectivity index is 1.65. The summed E-state index contributed by atoms with van der Waals surface area (Å²) in [5.41, 5.74) is 6.42. The number of carbonyl (C=O) groups is 1. The van der Waals surface area contributed by atoms with Gasteiger partial charge in [0.05, 0.1) is 11.6 Å². The maximum atomic E-state index is 16.2. The third-order valence-electron chi connectivity index (χ3n) is 6.31. The second-order valence-corrected chi connectivity index (χ2v) is 8.92. The van der Waals surface area contributed by atoms with Gasteiger partial charge in [-0.1, -0.05) is 42.4 Å². The lowest BCUT2D eigenvalue weighted by Gasteiger charge is -2.35. The molecule has 0 aliphatic carbocycles. The van der Waals surface area contributed by atoms with Crippen molar-refractivity contribution in [2.24, 2.45) is 5.73 Å². The van der Waals surface area contributed by atoms with E-state index in [-0.39, 0.29) is 47.3 Å². The number of fused-ring (bicyclic) bond motifs is 2. The minimum atomic E-state index is -1.01. The first-order chi connectivity index (χ1) is 17.3. The summed E-state index contributed by atoms with van der Waals surface area (Å²) in [6.07, 6.45) is 0. The molecule has 10 heteroatoms. The van der Waals surface area contributed by atoms with Crippen LogP contribution in [0.3, 0.4) is 0 Å². The Kier molecular flexibility index (Phi) is 6.19. The summed E-state index contributed by atoms with van der Waals surface area (Å²) in [6, 6.07) is 12.0. The number of hydrogen-bond donors (Lipinski definition) is 2. The molecule has 36 heavy (non-hydrogen) atoms. The van der Waals surface area contributed by atoms with Gasteiger partial charge in [-0.15, -0.1) is 0 Å². The average molecular weight is 510 g/mol. The minimum Gasteiger partial charge on any atom is -0.508 e. The molecule has 3 aromatic carbocycles. The molecule has 2 heterocycles. The van der Waals surface area contributed by atoms with Gasteiger partial charge in [-0.3, -0.25) is 4.79 Å².